The molecule has 1 atom stereocenters. The van der Waals surface area contributed by atoms with Crippen LogP contribution in [0.25, 0.3) is 0 Å². The van der Waals surface area contributed by atoms with Gasteiger partial charge in [-0.3, -0.25) is 9.59 Å². The number of carbonyl (C=O) groups is 2. The van der Waals surface area contributed by atoms with Gasteiger partial charge in [-0.05, 0) is 47.4 Å². The van der Waals surface area contributed by atoms with Gasteiger partial charge in [-0.15, -0.1) is 0 Å². The van der Waals surface area contributed by atoms with Gasteiger partial charge >= 0.3 is 0 Å². The second-order valence-electron chi connectivity index (χ2n) is 9.28. The molecule has 0 spiro atoms. The molecule has 0 saturated heterocycles. The number of amides is 2. The van der Waals surface area contributed by atoms with Crippen LogP contribution in [-0.4, -0.2) is 29.3 Å². The normalized spacial score (nSPS) is 12.3. The highest BCUT2D eigenvalue weighted by molar-refractivity contribution is 6.31. The fraction of sp³-hybridized carbons (Fsp3) is 0.481. The fourth-order valence-electron chi connectivity index (χ4n) is 3.66. The summed E-state index contributed by atoms with van der Waals surface area (Å²) in [6.45, 7) is 11.4. The third-order valence-electron chi connectivity index (χ3n) is 5.68. The van der Waals surface area contributed by atoms with Gasteiger partial charge in [-0.1, -0.05) is 88.7 Å². The maximum atomic E-state index is 13.3. The molecule has 0 aliphatic carbocycles. The standard InChI is InChI=1S/C27H37ClN2O2/c1-6-18-29-26(32)24(7-2)30(19-21-10-8-9-11-23(21)28)25(31)17-14-20-12-15-22(16-13-20)27(3,4)5/h8-13,15-16,24H,6-7,14,17-19H2,1-5H3,(H,29,32)/t24-/m1/s1. The minimum Gasteiger partial charge on any atom is -0.354 e. The van der Waals surface area contributed by atoms with Crippen LogP contribution >= 0.6 is 11.6 Å². The van der Waals surface area contributed by atoms with Crippen molar-refractivity contribution in [3.05, 3.63) is 70.2 Å². The molecule has 0 saturated carbocycles. The highest BCUT2D eigenvalue weighted by Crippen LogP contribution is 2.23. The molecule has 0 aliphatic rings. The third-order valence-corrected chi connectivity index (χ3v) is 6.05. The van der Waals surface area contributed by atoms with Crippen molar-refractivity contribution in [2.24, 2.45) is 0 Å². The second-order valence-corrected chi connectivity index (χ2v) is 9.68. The van der Waals surface area contributed by atoms with Gasteiger partial charge in [0.05, 0.1) is 0 Å². The Morgan fingerprint density at radius 1 is 1.03 bits per heavy atom. The van der Waals surface area contributed by atoms with Gasteiger partial charge in [-0.2, -0.15) is 0 Å². The van der Waals surface area contributed by atoms with Crippen LogP contribution in [0.2, 0.25) is 5.02 Å². The zero-order valence-corrected chi connectivity index (χ0v) is 20.8. The van der Waals surface area contributed by atoms with Crippen molar-refractivity contribution in [1.82, 2.24) is 10.2 Å². The number of hydrogen-bond acceptors (Lipinski definition) is 2. The maximum Gasteiger partial charge on any atom is 0.242 e. The van der Waals surface area contributed by atoms with Crippen molar-refractivity contribution in [1.29, 1.82) is 0 Å². The highest BCUT2D eigenvalue weighted by Gasteiger charge is 2.28. The van der Waals surface area contributed by atoms with Crippen molar-refractivity contribution in [3.63, 3.8) is 0 Å². The Balaban J connectivity index is 2.18. The Bertz CT molecular complexity index is 887. The first-order valence-electron chi connectivity index (χ1n) is 11.6. The maximum absolute atomic E-state index is 13.3. The predicted molar refractivity (Wildman–Crippen MR) is 133 cm³/mol. The first-order valence-corrected chi connectivity index (χ1v) is 11.9. The van der Waals surface area contributed by atoms with E-state index in [9.17, 15) is 9.59 Å². The van der Waals surface area contributed by atoms with Crippen LogP contribution in [0.4, 0.5) is 0 Å². The molecule has 0 fully saturated rings. The minimum atomic E-state index is -0.520. The lowest BCUT2D eigenvalue weighted by Gasteiger charge is -2.31. The summed E-state index contributed by atoms with van der Waals surface area (Å²) >= 11 is 6.37. The van der Waals surface area contributed by atoms with Gasteiger partial charge in [0.15, 0.2) is 0 Å². The van der Waals surface area contributed by atoms with Gasteiger partial charge in [0, 0.05) is 24.5 Å². The topological polar surface area (TPSA) is 49.4 Å². The zero-order valence-electron chi connectivity index (χ0n) is 20.1. The van der Waals surface area contributed by atoms with E-state index in [0.29, 0.717) is 37.4 Å². The van der Waals surface area contributed by atoms with Crippen molar-refractivity contribution in [2.45, 2.75) is 78.3 Å². The SMILES string of the molecule is CCCNC(=O)[C@@H](CC)N(Cc1ccccc1Cl)C(=O)CCc1ccc(C(C)(C)C)cc1. The van der Waals surface area contributed by atoms with Crippen LogP contribution in [0.15, 0.2) is 48.5 Å². The second kappa shape index (κ2) is 12.1. The predicted octanol–water partition coefficient (Wildman–Crippen LogP) is 5.90. The highest BCUT2D eigenvalue weighted by atomic mass is 35.5. The van der Waals surface area contributed by atoms with Crippen LogP contribution in [0, 0.1) is 0 Å². The van der Waals surface area contributed by atoms with Crippen molar-refractivity contribution in [2.75, 3.05) is 6.54 Å². The number of carbonyl (C=O) groups excluding carboxylic acids is 2. The number of benzene rings is 2. The number of hydrogen-bond donors (Lipinski definition) is 1. The van der Waals surface area contributed by atoms with Gasteiger partial charge < -0.3 is 10.2 Å². The molecule has 4 nitrogen and oxygen atoms in total. The smallest absolute Gasteiger partial charge is 0.242 e. The molecule has 0 aromatic heterocycles. The molecule has 0 bridgehead atoms. The Morgan fingerprint density at radius 3 is 2.25 bits per heavy atom. The molecule has 0 radical (unpaired) electrons. The van der Waals surface area contributed by atoms with Crippen molar-refractivity contribution < 1.29 is 9.59 Å². The summed E-state index contributed by atoms with van der Waals surface area (Å²) in [5.74, 6) is -0.146. The summed E-state index contributed by atoms with van der Waals surface area (Å²) in [7, 11) is 0. The Labute approximate surface area is 198 Å². The summed E-state index contributed by atoms with van der Waals surface area (Å²) < 4.78 is 0. The zero-order chi connectivity index (χ0) is 23.7. The summed E-state index contributed by atoms with van der Waals surface area (Å²) in [6, 6.07) is 15.4. The third kappa shape index (κ3) is 7.37. The van der Waals surface area contributed by atoms with Crippen LogP contribution in [0.5, 0.6) is 0 Å². The van der Waals surface area contributed by atoms with E-state index in [1.165, 1.54) is 5.56 Å². The van der Waals surface area contributed by atoms with Crippen LogP contribution in [-0.2, 0) is 28.0 Å². The van der Waals surface area contributed by atoms with Crippen molar-refractivity contribution >= 4 is 23.4 Å². The average Bonchev–Trinajstić information content (AvgIpc) is 2.76. The van der Waals surface area contributed by atoms with E-state index in [2.05, 4.69) is 50.4 Å². The monoisotopic (exact) mass is 456 g/mol. The van der Waals surface area contributed by atoms with E-state index in [-0.39, 0.29) is 17.2 Å². The van der Waals surface area contributed by atoms with E-state index in [1.54, 1.807) is 4.90 Å². The average molecular weight is 457 g/mol. The fourth-order valence-corrected chi connectivity index (χ4v) is 3.86. The number of aryl methyl sites for hydroxylation is 1. The van der Waals surface area contributed by atoms with E-state index in [1.807, 2.05) is 38.1 Å². The number of nitrogens with zero attached hydrogens (tertiary/aromatic N) is 1. The molecule has 32 heavy (non-hydrogen) atoms. The molecule has 0 aliphatic heterocycles. The molecule has 0 heterocycles. The van der Waals surface area contributed by atoms with E-state index < -0.39 is 6.04 Å². The number of nitrogens with one attached hydrogen (secondary N) is 1. The molecule has 1 N–H and O–H groups in total. The Hall–Kier alpha value is -2.33. The molecular formula is C27H37ClN2O2. The molecule has 174 valence electrons. The van der Waals surface area contributed by atoms with Crippen LogP contribution < -0.4 is 5.32 Å². The van der Waals surface area contributed by atoms with Gasteiger partial charge in [-0.25, -0.2) is 0 Å². The quantitative estimate of drug-likeness (QED) is 0.483. The first kappa shape index (κ1) is 25.9. The van der Waals surface area contributed by atoms with Crippen molar-refractivity contribution in [3.8, 4) is 0 Å². The molecule has 5 heteroatoms. The van der Waals surface area contributed by atoms with Crippen LogP contribution in [0.3, 0.4) is 0 Å². The summed E-state index contributed by atoms with van der Waals surface area (Å²) in [5.41, 5.74) is 3.33. The molecule has 2 aromatic carbocycles. The van der Waals surface area contributed by atoms with Crippen LogP contribution in [0.1, 0.15) is 70.6 Å². The molecule has 2 rings (SSSR count). The lowest BCUT2D eigenvalue weighted by Crippen LogP contribution is -2.49. The van der Waals surface area contributed by atoms with Gasteiger partial charge in [0.1, 0.15) is 6.04 Å². The summed E-state index contributed by atoms with van der Waals surface area (Å²) in [6.07, 6.45) is 2.38. The molecular weight excluding hydrogens is 420 g/mol. The Morgan fingerprint density at radius 2 is 1.69 bits per heavy atom. The van der Waals surface area contributed by atoms with Gasteiger partial charge in [0.2, 0.25) is 11.8 Å². The molecule has 2 amide bonds. The number of rotatable bonds is 10. The van der Waals surface area contributed by atoms with E-state index in [4.69, 9.17) is 11.6 Å². The van der Waals surface area contributed by atoms with E-state index >= 15 is 0 Å². The largest absolute Gasteiger partial charge is 0.354 e. The first-order chi connectivity index (χ1) is 15.2. The molecule has 2 aromatic rings. The van der Waals surface area contributed by atoms with E-state index in [0.717, 1.165) is 17.5 Å². The molecule has 0 unspecified atom stereocenters. The Kier molecular flexibility index (Phi) is 9.77. The minimum absolute atomic E-state index is 0.0386. The number of halogens is 1. The van der Waals surface area contributed by atoms with Gasteiger partial charge in [0.25, 0.3) is 0 Å². The summed E-state index contributed by atoms with van der Waals surface area (Å²) in [4.78, 5) is 27.9. The lowest BCUT2D eigenvalue weighted by atomic mass is 9.86. The lowest BCUT2D eigenvalue weighted by molar-refractivity contribution is -0.141. The summed E-state index contributed by atoms with van der Waals surface area (Å²) in [5, 5.41) is 3.55.